The fourth-order valence-electron chi connectivity index (χ4n) is 1.70. The molecule has 1 aliphatic rings. The first-order chi connectivity index (χ1) is 6.77. The van der Waals surface area contributed by atoms with Crippen molar-refractivity contribution in [2.75, 3.05) is 6.61 Å². The molecule has 0 spiro atoms. The van der Waals surface area contributed by atoms with Crippen molar-refractivity contribution in [1.29, 1.82) is 0 Å². The van der Waals surface area contributed by atoms with Crippen LogP contribution in [0.3, 0.4) is 0 Å². The summed E-state index contributed by atoms with van der Waals surface area (Å²) in [7, 11) is 0. The van der Waals surface area contributed by atoms with Gasteiger partial charge in [0.1, 0.15) is 5.76 Å². The summed E-state index contributed by atoms with van der Waals surface area (Å²) in [6, 6.07) is 3.83. The van der Waals surface area contributed by atoms with E-state index in [2.05, 4.69) is 13.0 Å². The molecule has 3 heteroatoms. The van der Waals surface area contributed by atoms with E-state index < -0.39 is 0 Å². The third-order valence-electron chi connectivity index (χ3n) is 2.95. The fraction of sp³-hybridized carbons (Fsp3) is 0.455. The summed E-state index contributed by atoms with van der Waals surface area (Å²) in [6.45, 7) is 2.71. The molecule has 0 aliphatic heterocycles. The lowest BCUT2D eigenvalue weighted by atomic mass is 9.97. The maximum Gasteiger partial charge on any atom is 0.126 e. The molecule has 14 heavy (non-hydrogen) atoms. The van der Waals surface area contributed by atoms with Gasteiger partial charge in [0.15, 0.2) is 0 Å². The van der Waals surface area contributed by atoms with Crippen molar-refractivity contribution in [3.05, 3.63) is 29.7 Å². The van der Waals surface area contributed by atoms with Gasteiger partial charge in [0, 0.05) is 5.41 Å². The molecular formula is C11H15NO2. The van der Waals surface area contributed by atoms with Gasteiger partial charge in [0.2, 0.25) is 0 Å². The predicted octanol–water partition coefficient (Wildman–Crippen LogP) is 2.35. The van der Waals surface area contributed by atoms with Crippen molar-refractivity contribution in [3.63, 3.8) is 0 Å². The molecule has 0 aromatic carbocycles. The molecule has 0 unspecified atom stereocenters. The molecule has 3 nitrogen and oxygen atoms in total. The van der Waals surface area contributed by atoms with E-state index >= 15 is 0 Å². The van der Waals surface area contributed by atoms with Crippen molar-refractivity contribution < 1.29 is 9.25 Å². The van der Waals surface area contributed by atoms with Crippen LogP contribution in [0.15, 0.2) is 28.4 Å². The van der Waals surface area contributed by atoms with Crippen molar-refractivity contribution >= 4 is 6.08 Å². The second kappa shape index (κ2) is 3.59. The Labute approximate surface area is 83.5 Å². The molecule has 0 atom stereocenters. The second-order valence-electron chi connectivity index (χ2n) is 3.93. The maximum absolute atomic E-state index is 5.26. The van der Waals surface area contributed by atoms with E-state index in [1.165, 1.54) is 5.57 Å². The summed E-state index contributed by atoms with van der Waals surface area (Å²) in [4.78, 5) is 4.74. The molecule has 1 aliphatic carbocycles. The zero-order chi connectivity index (χ0) is 10.0. The van der Waals surface area contributed by atoms with E-state index in [4.69, 9.17) is 15.2 Å². The van der Waals surface area contributed by atoms with Crippen LogP contribution in [0.5, 0.6) is 0 Å². The van der Waals surface area contributed by atoms with Crippen LogP contribution in [0.2, 0.25) is 0 Å². The fourth-order valence-corrected chi connectivity index (χ4v) is 1.70. The highest BCUT2D eigenvalue weighted by Crippen LogP contribution is 2.52. The number of hydrogen-bond donors (Lipinski definition) is 1. The second-order valence-corrected chi connectivity index (χ2v) is 3.93. The predicted molar refractivity (Wildman–Crippen MR) is 54.2 cm³/mol. The van der Waals surface area contributed by atoms with Crippen LogP contribution in [0.4, 0.5) is 0 Å². The highest BCUT2D eigenvalue weighted by Gasteiger charge is 2.44. The first-order valence-corrected chi connectivity index (χ1v) is 4.81. The molecule has 1 fully saturated rings. The minimum absolute atomic E-state index is 0.182. The number of rotatable bonds is 4. The summed E-state index contributed by atoms with van der Waals surface area (Å²) in [6.07, 6.45) is 6.06. The quantitative estimate of drug-likeness (QED) is 0.747. The van der Waals surface area contributed by atoms with Crippen LogP contribution >= 0.6 is 0 Å². The molecule has 0 bridgehead atoms. The molecule has 1 heterocycles. The van der Waals surface area contributed by atoms with E-state index in [0.717, 1.165) is 18.6 Å². The van der Waals surface area contributed by atoms with E-state index in [1.54, 1.807) is 6.26 Å². The number of furan rings is 1. The molecule has 2 N–H and O–H groups in total. The lowest BCUT2D eigenvalue weighted by molar-refractivity contribution is 0.104. The maximum atomic E-state index is 5.26. The Morgan fingerprint density at radius 1 is 1.71 bits per heavy atom. The van der Waals surface area contributed by atoms with Crippen LogP contribution in [0.1, 0.15) is 25.5 Å². The molecule has 76 valence electrons. The Balaban J connectivity index is 2.11. The molecule has 1 aromatic rings. The largest absolute Gasteiger partial charge is 0.465 e. The smallest absolute Gasteiger partial charge is 0.126 e. The molecule has 2 rings (SSSR count). The third kappa shape index (κ3) is 1.74. The topological polar surface area (TPSA) is 48.4 Å². The van der Waals surface area contributed by atoms with Crippen molar-refractivity contribution in [2.24, 2.45) is 11.3 Å². The van der Waals surface area contributed by atoms with Gasteiger partial charge in [-0.05, 0) is 38.0 Å². The van der Waals surface area contributed by atoms with Gasteiger partial charge in [0.25, 0.3) is 0 Å². The lowest BCUT2D eigenvalue weighted by Gasteiger charge is -2.13. The first-order valence-electron chi connectivity index (χ1n) is 4.81. The molecule has 1 saturated carbocycles. The van der Waals surface area contributed by atoms with Gasteiger partial charge in [-0.1, -0.05) is 5.57 Å². The van der Waals surface area contributed by atoms with Crippen molar-refractivity contribution in [1.82, 2.24) is 0 Å². The van der Waals surface area contributed by atoms with Gasteiger partial charge in [-0.2, -0.15) is 0 Å². The van der Waals surface area contributed by atoms with E-state index in [9.17, 15) is 0 Å². The zero-order valence-electron chi connectivity index (χ0n) is 8.32. The molecular weight excluding hydrogens is 178 g/mol. The van der Waals surface area contributed by atoms with Gasteiger partial charge >= 0.3 is 0 Å². The SMILES string of the molecule is C/C(=C\c1ccco1)C1(CON)CC1. The Hall–Kier alpha value is -1.06. The normalized spacial score (nSPS) is 19.7. The molecule has 0 saturated heterocycles. The van der Waals surface area contributed by atoms with E-state index in [1.807, 2.05) is 12.1 Å². The molecule has 0 radical (unpaired) electrons. The average molecular weight is 193 g/mol. The highest BCUT2D eigenvalue weighted by atomic mass is 16.6. The highest BCUT2D eigenvalue weighted by molar-refractivity contribution is 5.50. The van der Waals surface area contributed by atoms with Crippen LogP contribution < -0.4 is 5.90 Å². The van der Waals surface area contributed by atoms with Crippen LogP contribution in [-0.2, 0) is 4.84 Å². The standard InChI is InChI=1S/C11H15NO2/c1-9(7-10-3-2-6-13-10)11(4-5-11)8-14-12/h2-3,6-7H,4-5,8,12H2,1H3/b9-7+. The van der Waals surface area contributed by atoms with Gasteiger partial charge in [0.05, 0.1) is 12.9 Å². The first kappa shape index (κ1) is 9.49. The number of nitrogens with two attached hydrogens (primary N) is 1. The molecule has 0 amide bonds. The Morgan fingerprint density at radius 2 is 2.50 bits per heavy atom. The van der Waals surface area contributed by atoms with Crippen LogP contribution in [0, 0.1) is 5.41 Å². The van der Waals surface area contributed by atoms with E-state index in [-0.39, 0.29) is 5.41 Å². The van der Waals surface area contributed by atoms with Crippen LogP contribution in [0.25, 0.3) is 6.08 Å². The summed E-state index contributed by atoms with van der Waals surface area (Å²) >= 11 is 0. The van der Waals surface area contributed by atoms with Gasteiger partial charge < -0.3 is 9.25 Å². The lowest BCUT2D eigenvalue weighted by Crippen LogP contribution is -2.14. The Kier molecular flexibility index (Phi) is 2.44. The summed E-state index contributed by atoms with van der Waals surface area (Å²) in [5, 5.41) is 0. The summed E-state index contributed by atoms with van der Waals surface area (Å²) in [5.74, 6) is 6.01. The Morgan fingerprint density at radius 3 is 3.00 bits per heavy atom. The summed E-state index contributed by atoms with van der Waals surface area (Å²) in [5.41, 5.74) is 1.47. The minimum atomic E-state index is 0.182. The Bertz CT molecular complexity index is 323. The van der Waals surface area contributed by atoms with Crippen LogP contribution in [-0.4, -0.2) is 6.61 Å². The van der Waals surface area contributed by atoms with E-state index in [0.29, 0.717) is 6.61 Å². The third-order valence-corrected chi connectivity index (χ3v) is 2.95. The zero-order valence-corrected chi connectivity index (χ0v) is 8.32. The van der Waals surface area contributed by atoms with Gasteiger partial charge in [-0.3, -0.25) is 0 Å². The monoisotopic (exact) mass is 193 g/mol. The van der Waals surface area contributed by atoms with Crippen molar-refractivity contribution in [2.45, 2.75) is 19.8 Å². The van der Waals surface area contributed by atoms with Gasteiger partial charge in [-0.15, -0.1) is 0 Å². The minimum Gasteiger partial charge on any atom is -0.465 e. The molecule has 1 aromatic heterocycles. The number of hydrogen-bond acceptors (Lipinski definition) is 3. The average Bonchev–Trinajstić information content (AvgIpc) is 2.77. The van der Waals surface area contributed by atoms with Gasteiger partial charge in [-0.25, -0.2) is 5.90 Å². The van der Waals surface area contributed by atoms with Crippen molar-refractivity contribution in [3.8, 4) is 0 Å². The summed E-state index contributed by atoms with van der Waals surface area (Å²) < 4.78 is 5.26.